The molecule has 0 aliphatic carbocycles. The van der Waals surface area contributed by atoms with Gasteiger partial charge in [-0.15, -0.1) is 0 Å². The third-order valence-corrected chi connectivity index (χ3v) is 9.13. The molecule has 0 radical (unpaired) electrons. The van der Waals surface area contributed by atoms with Crippen LogP contribution in [-0.2, 0) is 20.3 Å². The van der Waals surface area contributed by atoms with E-state index in [1.807, 2.05) is 55.5 Å². The van der Waals surface area contributed by atoms with Crippen molar-refractivity contribution in [2.24, 2.45) is 0 Å². The van der Waals surface area contributed by atoms with Crippen LogP contribution < -0.4 is 18.9 Å². The van der Waals surface area contributed by atoms with Gasteiger partial charge in [-0.25, -0.2) is 0 Å². The summed E-state index contributed by atoms with van der Waals surface area (Å²) >= 11 is 0. The van der Waals surface area contributed by atoms with Crippen LogP contribution in [0.25, 0.3) is 0 Å². The highest BCUT2D eigenvalue weighted by atomic mass is 16.6. The zero-order chi connectivity index (χ0) is 34.1. The van der Waals surface area contributed by atoms with E-state index in [4.69, 9.17) is 28.4 Å². The van der Waals surface area contributed by atoms with E-state index in [-0.39, 0.29) is 23.0 Å². The Hall–Kier alpha value is -4.04. The lowest BCUT2D eigenvalue weighted by Gasteiger charge is -2.26. The Morgan fingerprint density at radius 2 is 0.896 bits per heavy atom. The maximum atomic E-state index is 9.60. The number of aliphatic hydroxyl groups excluding tert-OH is 1. The van der Waals surface area contributed by atoms with Crippen LogP contribution >= 0.6 is 0 Å². The fourth-order valence-electron chi connectivity index (χ4n) is 5.26. The molecule has 2 fully saturated rings. The van der Waals surface area contributed by atoms with Crippen LogP contribution in [0.2, 0.25) is 0 Å². The molecule has 1 N–H and O–H groups in total. The van der Waals surface area contributed by atoms with Gasteiger partial charge >= 0.3 is 0 Å². The van der Waals surface area contributed by atoms with Crippen molar-refractivity contribution in [2.45, 2.75) is 70.2 Å². The first kappa shape index (κ1) is 35.3. The van der Waals surface area contributed by atoms with Crippen molar-refractivity contribution in [3.8, 4) is 23.0 Å². The monoisotopic (exact) mass is 654 g/mol. The van der Waals surface area contributed by atoms with Gasteiger partial charge in [-0.05, 0) is 77.2 Å². The molecule has 2 aliphatic heterocycles. The normalized spacial score (nSPS) is 17.4. The molecule has 256 valence electrons. The van der Waals surface area contributed by atoms with Gasteiger partial charge in [-0.3, -0.25) is 0 Å². The SMILES string of the molecule is CCC(O)COc1ccc(C(C)(C)c2ccc(OCC3CO3)cc2)cc1.COc1ccc(C(C)(C)c2ccc(OCC3CO3)cc2)cc1. The van der Waals surface area contributed by atoms with E-state index < -0.39 is 6.10 Å². The maximum Gasteiger partial charge on any atom is 0.119 e. The second-order valence-corrected chi connectivity index (χ2v) is 13.5. The summed E-state index contributed by atoms with van der Waals surface area (Å²) in [6.45, 7) is 14.0. The third kappa shape index (κ3) is 9.75. The molecule has 3 atom stereocenters. The smallest absolute Gasteiger partial charge is 0.119 e. The van der Waals surface area contributed by atoms with E-state index in [9.17, 15) is 5.11 Å². The van der Waals surface area contributed by atoms with Crippen molar-refractivity contribution in [2.75, 3.05) is 40.1 Å². The molecule has 4 aromatic carbocycles. The summed E-state index contributed by atoms with van der Waals surface area (Å²) in [7, 11) is 1.69. The minimum absolute atomic E-state index is 0.0651. The Balaban J connectivity index is 0.000000190. The number of methoxy groups -OCH3 is 1. The van der Waals surface area contributed by atoms with Gasteiger partial charge in [-0.1, -0.05) is 83.1 Å². The van der Waals surface area contributed by atoms with E-state index in [2.05, 4.69) is 76.2 Å². The average Bonchev–Trinajstić information content (AvgIpc) is 4.06. The molecule has 0 spiro atoms. The molecule has 0 aromatic heterocycles. The van der Waals surface area contributed by atoms with Crippen LogP contribution in [-0.4, -0.2) is 63.6 Å². The second kappa shape index (κ2) is 15.9. The Kier molecular flexibility index (Phi) is 11.7. The standard InChI is InChI=1S/C22H28O4.C19H22O3/c1-4-18(23)13-24-19-9-5-16(6-10-19)22(2,3)17-7-11-20(12-8-17)25-14-21-15-26-21;1-19(2,14-4-8-16(20-3)9-5-14)15-6-10-17(11-7-15)21-12-18-13-22-18/h5-12,18,21,23H,4,13-15H2,1-3H3;4-11,18H,12-13H2,1-3H3. The first-order valence-corrected chi connectivity index (χ1v) is 16.8. The van der Waals surface area contributed by atoms with Crippen LogP contribution in [0.4, 0.5) is 0 Å². The predicted molar refractivity (Wildman–Crippen MR) is 189 cm³/mol. The van der Waals surface area contributed by atoms with E-state index in [1.54, 1.807) is 7.11 Å². The number of hydrogen-bond acceptors (Lipinski definition) is 7. The lowest BCUT2D eigenvalue weighted by atomic mass is 9.78. The van der Waals surface area contributed by atoms with Crippen LogP contribution in [0.5, 0.6) is 23.0 Å². The highest BCUT2D eigenvalue weighted by molar-refractivity contribution is 5.43. The van der Waals surface area contributed by atoms with Crippen LogP contribution in [0.15, 0.2) is 97.1 Å². The van der Waals surface area contributed by atoms with Gasteiger partial charge in [0.25, 0.3) is 0 Å². The number of benzene rings is 4. The Morgan fingerprint density at radius 1 is 0.583 bits per heavy atom. The molecule has 0 bridgehead atoms. The molecule has 2 saturated heterocycles. The fraction of sp³-hybridized carbons (Fsp3) is 0.415. The lowest BCUT2D eigenvalue weighted by Crippen LogP contribution is -2.19. The molecule has 2 heterocycles. The van der Waals surface area contributed by atoms with Crippen molar-refractivity contribution < 1.29 is 33.5 Å². The molecule has 2 aliphatic rings. The summed E-state index contributed by atoms with van der Waals surface area (Å²) in [5.41, 5.74) is 4.76. The van der Waals surface area contributed by atoms with Gasteiger partial charge in [0.1, 0.15) is 55.0 Å². The van der Waals surface area contributed by atoms with Crippen LogP contribution in [0, 0.1) is 0 Å². The van der Waals surface area contributed by atoms with Gasteiger partial charge in [0.2, 0.25) is 0 Å². The molecule has 7 heteroatoms. The Morgan fingerprint density at radius 3 is 1.19 bits per heavy atom. The summed E-state index contributed by atoms with van der Waals surface area (Å²) in [5, 5.41) is 9.60. The van der Waals surface area contributed by atoms with Crippen molar-refractivity contribution in [3.63, 3.8) is 0 Å². The number of ether oxygens (including phenoxy) is 6. The first-order chi connectivity index (χ1) is 23.1. The Labute approximate surface area is 285 Å². The van der Waals surface area contributed by atoms with Crippen LogP contribution in [0.3, 0.4) is 0 Å². The minimum Gasteiger partial charge on any atom is -0.497 e. The molecule has 3 unspecified atom stereocenters. The summed E-state index contributed by atoms with van der Waals surface area (Å²) in [4.78, 5) is 0. The highest BCUT2D eigenvalue weighted by Gasteiger charge is 2.26. The summed E-state index contributed by atoms with van der Waals surface area (Å²) in [6.07, 6.45) is 0.831. The molecule has 0 amide bonds. The fourth-order valence-corrected chi connectivity index (χ4v) is 5.26. The van der Waals surface area contributed by atoms with Crippen molar-refractivity contribution in [1.29, 1.82) is 0 Å². The second-order valence-electron chi connectivity index (χ2n) is 13.5. The predicted octanol–water partition coefficient (Wildman–Crippen LogP) is 7.74. The molecular weight excluding hydrogens is 604 g/mol. The topological polar surface area (TPSA) is 82.2 Å². The molecule has 0 saturated carbocycles. The molecule has 6 rings (SSSR count). The quantitative estimate of drug-likeness (QED) is 0.131. The minimum atomic E-state index is -0.418. The lowest BCUT2D eigenvalue weighted by molar-refractivity contribution is 0.104. The Bertz CT molecular complexity index is 1540. The van der Waals surface area contributed by atoms with Gasteiger partial charge in [-0.2, -0.15) is 0 Å². The summed E-state index contributed by atoms with van der Waals surface area (Å²) in [6, 6.07) is 32.9. The van der Waals surface area contributed by atoms with E-state index >= 15 is 0 Å². The van der Waals surface area contributed by atoms with Gasteiger partial charge in [0.05, 0.1) is 26.4 Å². The maximum absolute atomic E-state index is 9.60. The average molecular weight is 655 g/mol. The number of rotatable bonds is 15. The highest BCUT2D eigenvalue weighted by Crippen LogP contribution is 2.35. The largest absolute Gasteiger partial charge is 0.497 e. The van der Waals surface area contributed by atoms with Crippen molar-refractivity contribution in [1.82, 2.24) is 0 Å². The van der Waals surface area contributed by atoms with Gasteiger partial charge in [0, 0.05) is 10.8 Å². The third-order valence-electron chi connectivity index (χ3n) is 9.13. The molecule has 4 aromatic rings. The van der Waals surface area contributed by atoms with E-state index in [1.165, 1.54) is 22.3 Å². The number of hydrogen-bond donors (Lipinski definition) is 1. The molecule has 7 nitrogen and oxygen atoms in total. The number of aliphatic hydroxyl groups is 1. The summed E-state index contributed by atoms with van der Waals surface area (Å²) in [5.74, 6) is 3.43. The van der Waals surface area contributed by atoms with Crippen LogP contribution in [0.1, 0.15) is 63.3 Å². The zero-order valence-corrected chi connectivity index (χ0v) is 29.1. The van der Waals surface area contributed by atoms with E-state index in [0.29, 0.717) is 26.2 Å². The first-order valence-electron chi connectivity index (χ1n) is 16.8. The molecule has 48 heavy (non-hydrogen) atoms. The van der Waals surface area contributed by atoms with Crippen molar-refractivity contribution >= 4 is 0 Å². The molecular formula is C41H50O7. The van der Waals surface area contributed by atoms with E-state index in [0.717, 1.165) is 36.2 Å². The number of epoxide rings is 2. The summed E-state index contributed by atoms with van der Waals surface area (Å²) < 4.78 is 32.6. The van der Waals surface area contributed by atoms with Gasteiger partial charge in [0.15, 0.2) is 0 Å². The van der Waals surface area contributed by atoms with Crippen molar-refractivity contribution in [3.05, 3.63) is 119 Å². The zero-order valence-electron chi connectivity index (χ0n) is 29.1. The van der Waals surface area contributed by atoms with Gasteiger partial charge < -0.3 is 33.5 Å².